The summed E-state index contributed by atoms with van der Waals surface area (Å²) in [4.78, 5) is 0. The Bertz CT molecular complexity index is 1060. The van der Waals surface area contributed by atoms with Gasteiger partial charge in [0.05, 0.1) is 18.0 Å². The van der Waals surface area contributed by atoms with Crippen LogP contribution in [0.15, 0.2) is 77.0 Å². The van der Waals surface area contributed by atoms with E-state index in [4.69, 9.17) is 5.73 Å². The molecule has 0 saturated carbocycles. The summed E-state index contributed by atoms with van der Waals surface area (Å²) in [6, 6.07) is 21.5. The van der Waals surface area contributed by atoms with Gasteiger partial charge in [0, 0.05) is 34.0 Å². The second-order valence-electron chi connectivity index (χ2n) is 5.89. The van der Waals surface area contributed by atoms with E-state index in [1.54, 1.807) is 12.1 Å². The molecule has 4 aromatic rings. The fraction of sp³-hybridized carbons (Fsp3) is 0.100. The number of nitrogens with two attached hydrogens (primary N) is 1. The number of nitrogen functional groups attached to an aromatic ring is 1. The number of fused-ring (bicyclic) bond motifs is 3. The summed E-state index contributed by atoms with van der Waals surface area (Å²) >= 11 is 0. The third-order valence-electron chi connectivity index (χ3n) is 4.25. The summed E-state index contributed by atoms with van der Waals surface area (Å²) in [5, 5.41) is 20.2. The maximum atomic E-state index is 9.38. The number of aromatic nitrogens is 1. The molecule has 0 aliphatic heterocycles. The standard InChI is InChI=1S/C20H18N4O/c21-14-5-7-15(8-6-14)22-23-16-9-10-20-18(13-16)17-3-1-2-4-19(17)24(20)11-12-25/h1-10,13,25H,11-12,21H2. The zero-order valence-electron chi connectivity index (χ0n) is 13.6. The molecule has 25 heavy (non-hydrogen) atoms. The normalized spacial score (nSPS) is 11.7. The van der Waals surface area contributed by atoms with Crippen LogP contribution in [0.5, 0.6) is 0 Å². The molecule has 3 N–H and O–H groups in total. The number of hydrogen-bond acceptors (Lipinski definition) is 4. The monoisotopic (exact) mass is 330 g/mol. The second kappa shape index (κ2) is 6.37. The van der Waals surface area contributed by atoms with Gasteiger partial charge in [0.1, 0.15) is 0 Å². The van der Waals surface area contributed by atoms with E-state index in [-0.39, 0.29) is 6.61 Å². The fourth-order valence-corrected chi connectivity index (χ4v) is 3.10. The largest absolute Gasteiger partial charge is 0.399 e. The Labute approximate surface area is 145 Å². The van der Waals surface area contributed by atoms with Crippen molar-refractivity contribution in [2.24, 2.45) is 10.2 Å². The first-order valence-electron chi connectivity index (χ1n) is 8.15. The summed E-state index contributed by atoms with van der Waals surface area (Å²) in [5.74, 6) is 0. The van der Waals surface area contributed by atoms with Gasteiger partial charge in [-0.1, -0.05) is 18.2 Å². The molecule has 3 aromatic carbocycles. The molecule has 0 amide bonds. The van der Waals surface area contributed by atoms with Gasteiger partial charge in [-0.3, -0.25) is 0 Å². The lowest BCUT2D eigenvalue weighted by Crippen LogP contribution is -2.00. The van der Waals surface area contributed by atoms with Gasteiger partial charge >= 0.3 is 0 Å². The average molecular weight is 330 g/mol. The molecule has 124 valence electrons. The van der Waals surface area contributed by atoms with Crippen molar-refractivity contribution in [3.63, 3.8) is 0 Å². The van der Waals surface area contributed by atoms with E-state index in [0.717, 1.165) is 33.2 Å². The van der Waals surface area contributed by atoms with Crippen LogP contribution in [0.3, 0.4) is 0 Å². The number of nitrogens with zero attached hydrogens (tertiary/aromatic N) is 3. The molecule has 0 saturated heterocycles. The van der Waals surface area contributed by atoms with Gasteiger partial charge < -0.3 is 15.4 Å². The van der Waals surface area contributed by atoms with Crippen LogP contribution in [-0.2, 0) is 6.54 Å². The topological polar surface area (TPSA) is 75.9 Å². The van der Waals surface area contributed by atoms with Crippen molar-refractivity contribution >= 4 is 38.9 Å². The summed E-state index contributed by atoms with van der Waals surface area (Å²) in [5.41, 5.74) is 10.1. The van der Waals surface area contributed by atoms with Gasteiger partial charge in [-0.25, -0.2) is 0 Å². The van der Waals surface area contributed by atoms with Gasteiger partial charge in [0.25, 0.3) is 0 Å². The van der Waals surface area contributed by atoms with Crippen molar-refractivity contribution in [1.82, 2.24) is 4.57 Å². The molecular weight excluding hydrogens is 312 g/mol. The number of aliphatic hydroxyl groups excluding tert-OH is 1. The Morgan fingerprint density at radius 2 is 1.48 bits per heavy atom. The fourth-order valence-electron chi connectivity index (χ4n) is 3.10. The maximum Gasteiger partial charge on any atom is 0.0864 e. The first-order valence-corrected chi connectivity index (χ1v) is 8.15. The van der Waals surface area contributed by atoms with E-state index in [9.17, 15) is 5.11 Å². The van der Waals surface area contributed by atoms with Crippen LogP contribution in [0.4, 0.5) is 17.1 Å². The molecule has 0 atom stereocenters. The van der Waals surface area contributed by atoms with Crippen molar-refractivity contribution in [3.05, 3.63) is 66.7 Å². The second-order valence-corrected chi connectivity index (χ2v) is 5.89. The molecule has 0 spiro atoms. The van der Waals surface area contributed by atoms with E-state index in [0.29, 0.717) is 12.2 Å². The van der Waals surface area contributed by atoms with Gasteiger partial charge in [-0.15, -0.1) is 0 Å². The smallest absolute Gasteiger partial charge is 0.0864 e. The Balaban J connectivity index is 1.79. The Hall–Kier alpha value is -3.18. The molecule has 4 rings (SSSR count). The molecule has 0 unspecified atom stereocenters. The summed E-state index contributed by atoms with van der Waals surface area (Å²) in [6.45, 7) is 0.669. The van der Waals surface area contributed by atoms with Crippen LogP contribution in [0.25, 0.3) is 21.8 Å². The van der Waals surface area contributed by atoms with Crippen LogP contribution in [0.1, 0.15) is 0 Å². The van der Waals surface area contributed by atoms with Crippen molar-refractivity contribution in [2.45, 2.75) is 6.54 Å². The highest BCUT2D eigenvalue weighted by atomic mass is 16.3. The number of anilines is 1. The number of aliphatic hydroxyl groups is 1. The first-order chi connectivity index (χ1) is 12.3. The minimum Gasteiger partial charge on any atom is -0.399 e. The van der Waals surface area contributed by atoms with E-state index < -0.39 is 0 Å². The number of para-hydroxylation sites is 1. The van der Waals surface area contributed by atoms with Crippen molar-refractivity contribution in [2.75, 3.05) is 12.3 Å². The lowest BCUT2D eigenvalue weighted by molar-refractivity contribution is 0.280. The molecule has 0 aliphatic rings. The van der Waals surface area contributed by atoms with Gasteiger partial charge in [-0.05, 0) is 48.5 Å². The summed E-state index contributed by atoms with van der Waals surface area (Å²) in [6.07, 6.45) is 0. The predicted octanol–water partition coefficient (Wildman–Crippen LogP) is 4.78. The molecule has 0 bridgehead atoms. The van der Waals surface area contributed by atoms with Crippen LogP contribution in [-0.4, -0.2) is 16.3 Å². The molecule has 1 heterocycles. The zero-order valence-corrected chi connectivity index (χ0v) is 13.6. The highest BCUT2D eigenvalue weighted by Gasteiger charge is 2.10. The number of azo groups is 1. The van der Waals surface area contributed by atoms with E-state index >= 15 is 0 Å². The minimum absolute atomic E-state index is 0.104. The van der Waals surface area contributed by atoms with Crippen molar-refractivity contribution < 1.29 is 5.11 Å². The minimum atomic E-state index is 0.104. The summed E-state index contributed by atoms with van der Waals surface area (Å²) in [7, 11) is 0. The molecule has 1 aromatic heterocycles. The van der Waals surface area contributed by atoms with E-state index in [1.807, 2.05) is 42.5 Å². The highest BCUT2D eigenvalue weighted by molar-refractivity contribution is 6.08. The van der Waals surface area contributed by atoms with E-state index in [1.165, 1.54) is 0 Å². The molecule has 0 aliphatic carbocycles. The Kier molecular flexibility index (Phi) is 3.91. The third kappa shape index (κ3) is 2.86. The third-order valence-corrected chi connectivity index (χ3v) is 4.25. The molecule has 0 fully saturated rings. The number of rotatable bonds is 4. The quantitative estimate of drug-likeness (QED) is 0.417. The maximum absolute atomic E-state index is 9.38. The van der Waals surface area contributed by atoms with Crippen molar-refractivity contribution in [1.29, 1.82) is 0 Å². The van der Waals surface area contributed by atoms with Crippen LogP contribution < -0.4 is 5.73 Å². The lowest BCUT2D eigenvalue weighted by atomic mass is 10.1. The molecule has 0 radical (unpaired) electrons. The predicted molar refractivity (Wildman–Crippen MR) is 102 cm³/mol. The van der Waals surface area contributed by atoms with Crippen LogP contribution in [0.2, 0.25) is 0 Å². The summed E-state index contributed by atoms with van der Waals surface area (Å²) < 4.78 is 2.13. The lowest BCUT2D eigenvalue weighted by Gasteiger charge is -2.04. The van der Waals surface area contributed by atoms with Crippen LogP contribution in [0, 0.1) is 0 Å². The number of hydrogen-bond donors (Lipinski definition) is 2. The van der Waals surface area contributed by atoms with E-state index in [2.05, 4.69) is 26.9 Å². The van der Waals surface area contributed by atoms with Gasteiger partial charge in [0.2, 0.25) is 0 Å². The van der Waals surface area contributed by atoms with Crippen LogP contribution >= 0.6 is 0 Å². The average Bonchev–Trinajstić information content (AvgIpc) is 2.95. The SMILES string of the molecule is Nc1ccc(N=Nc2ccc3c(c2)c2ccccc2n3CCO)cc1. The molecular formula is C20H18N4O. The van der Waals surface area contributed by atoms with Gasteiger partial charge in [-0.2, -0.15) is 10.2 Å². The first kappa shape index (κ1) is 15.4. The molecule has 5 heteroatoms. The zero-order chi connectivity index (χ0) is 17.2. The Morgan fingerprint density at radius 3 is 2.28 bits per heavy atom. The molecule has 5 nitrogen and oxygen atoms in total. The van der Waals surface area contributed by atoms with Crippen molar-refractivity contribution in [3.8, 4) is 0 Å². The van der Waals surface area contributed by atoms with Gasteiger partial charge in [0.15, 0.2) is 0 Å². The highest BCUT2D eigenvalue weighted by Crippen LogP contribution is 2.32. The number of benzene rings is 3. The Morgan fingerprint density at radius 1 is 0.800 bits per heavy atom.